The number of benzene rings is 3. The zero-order valence-corrected chi connectivity index (χ0v) is 18.1. The van der Waals surface area contributed by atoms with Crippen LogP contribution in [0.4, 0.5) is 5.69 Å². The number of nitrogens with one attached hydrogen (secondary N) is 1. The molecule has 0 saturated heterocycles. The zero-order chi connectivity index (χ0) is 21.6. The quantitative estimate of drug-likeness (QED) is 0.231. The van der Waals surface area contributed by atoms with E-state index < -0.39 is 22.5 Å². The molecule has 3 aromatic rings. The molecule has 7 nitrogen and oxygen atoms in total. The predicted octanol–water partition coefficient (Wildman–Crippen LogP) is 3.20. The molecule has 0 saturated carbocycles. The van der Waals surface area contributed by atoms with Crippen molar-refractivity contribution in [3.63, 3.8) is 0 Å². The van der Waals surface area contributed by atoms with Gasteiger partial charge in [0.15, 0.2) is 0 Å². The molecule has 154 valence electrons. The van der Waals surface area contributed by atoms with Crippen LogP contribution < -0.4 is 9.73 Å². The molecule has 0 aromatic heterocycles. The van der Waals surface area contributed by atoms with Gasteiger partial charge in [-0.05, 0) is 42.5 Å². The Kier molecular flexibility index (Phi) is 6.86. The molecule has 3 aromatic carbocycles. The number of hydrazone groups is 1. The van der Waals surface area contributed by atoms with Crippen LogP contribution in [0.3, 0.4) is 0 Å². The van der Waals surface area contributed by atoms with Crippen molar-refractivity contribution in [1.29, 1.82) is 0 Å². The van der Waals surface area contributed by atoms with E-state index in [4.69, 9.17) is 0 Å². The van der Waals surface area contributed by atoms with E-state index in [0.717, 1.165) is 4.31 Å². The summed E-state index contributed by atoms with van der Waals surface area (Å²) in [5, 5.41) is 9.99. The summed E-state index contributed by atoms with van der Waals surface area (Å²) in [7, 11) is -4.02. The molecule has 0 aliphatic heterocycles. The number of nitrogens with zero attached hydrogens (tertiary/aromatic N) is 2. The summed E-state index contributed by atoms with van der Waals surface area (Å²) in [5.41, 5.74) is 3.20. The van der Waals surface area contributed by atoms with Gasteiger partial charge in [-0.25, -0.2) is 8.42 Å². The molecule has 3 rings (SSSR count). The molecule has 0 fully saturated rings. The normalized spacial score (nSPS) is 11.7. The third-order valence-corrected chi connectivity index (χ3v) is 6.31. The lowest BCUT2D eigenvalue weighted by molar-refractivity contribution is -0.804. The van der Waals surface area contributed by atoms with E-state index in [9.17, 15) is 18.4 Å². The number of hydrogen-bond donors (Lipinski definition) is 2. The molecule has 1 amide bonds. The monoisotopic (exact) mass is 488 g/mol. The van der Waals surface area contributed by atoms with Crippen LogP contribution in [0.2, 0.25) is 0 Å². The van der Waals surface area contributed by atoms with Crippen LogP contribution in [0, 0.1) is 0 Å². The van der Waals surface area contributed by atoms with Crippen LogP contribution >= 0.6 is 15.9 Å². The van der Waals surface area contributed by atoms with Crippen molar-refractivity contribution in [1.82, 2.24) is 5.43 Å². The maximum atomic E-state index is 13.2. The molecule has 9 heteroatoms. The van der Waals surface area contributed by atoms with Gasteiger partial charge in [-0.2, -0.15) is 0 Å². The summed E-state index contributed by atoms with van der Waals surface area (Å²) in [6, 6.07) is 23.3. The van der Waals surface area contributed by atoms with Crippen LogP contribution in [0.1, 0.15) is 5.56 Å². The topological polar surface area (TPSA) is 89.7 Å². The maximum Gasteiger partial charge on any atom is 0.299 e. The Morgan fingerprint density at radius 1 is 1.00 bits per heavy atom. The lowest BCUT2D eigenvalue weighted by atomic mass is 10.2. The molecule has 0 atom stereocenters. The van der Waals surface area contributed by atoms with Gasteiger partial charge in [0.2, 0.25) is 0 Å². The molecule has 0 aliphatic rings. The highest BCUT2D eigenvalue weighted by Crippen LogP contribution is 2.26. The number of sulfonamides is 1. The van der Waals surface area contributed by atoms with Gasteiger partial charge in [-0.3, -0.25) is 14.3 Å². The summed E-state index contributed by atoms with van der Waals surface area (Å²) in [6.07, 6.45) is 1.30. The SMILES string of the molecule is O=C(CN(c1cccc(Br)c1)S(=O)(=O)c1ccccc1)N[N+](O)=Cc1ccccc1. The van der Waals surface area contributed by atoms with Crippen molar-refractivity contribution in [2.75, 3.05) is 10.8 Å². The van der Waals surface area contributed by atoms with Crippen molar-refractivity contribution in [3.05, 3.63) is 95.0 Å². The number of hydrazine groups is 1. The van der Waals surface area contributed by atoms with E-state index in [-0.39, 0.29) is 4.90 Å². The van der Waals surface area contributed by atoms with Crippen molar-refractivity contribution in [2.45, 2.75) is 4.90 Å². The van der Waals surface area contributed by atoms with Crippen LogP contribution in [-0.2, 0) is 14.8 Å². The Morgan fingerprint density at radius 3 is 2.27 bits per heavy atom. The van der Waals surface area contributed by atoms with Crippen molar-refractivity contribution >= 4 is 43.8 Å². The van der Waals surface area contributed by atoms with Gasteiger partial charge in [0, 0.05) is 10.0 Å². The number of anilines is 1. The smallest absolute Gasteiger partial charge is 0.267 e. The Morgan fingerprint density at radius 2 is 1.63 bits per heavy atom. The van der Waals surface area contributed by atoms with Crippen LogP contribution in [0.5, 0.6) is 0 Å². The Bertz CT molecular complexity index is 1150. The van der Waals surface area contributed by atoms with Gasteiger partial charge in [-0.1, -0.05) is 63.8 Å². The fraction of sp³-hybridized carbons (Fsp3) is 0.0476. The van der Waals surface area contributed by atoms with E-state index >= 15 is 0 Å². The number of hydrogen-bond acceptors (Lipinski definition) is 4. The third kappa shape index (κ3) is 5.46. The highest BCUT2D eigenvalue weighted by molar-refractivity contribution is 9.10. The minimum atomic E-state index is -4.02. The van der Waals surface area contributed by atoms with Gasteiger partial charge in [0.25, 0.3) is 22.1 Å². The lowest BCUT2D eigenvalue weighted by Crippen LogP contribution is -2.44. The molecule has 30 heavy (non-hydrogen) atoms. The fourth-order valence-corrected chi connectivity index (χ4v) is 4.49. The lowest BCUT2D eigenvalue weighted by Gasteiger charge is -2.23. The second-order valence-corrected chi connectivity index (χ2v) is 9.00. The standard InChI is InChI=1S/C21H18BrN3O4S/c22-18-10-7-11-19(14-18)24(30(28,29)20-12-5-2-6-13-20)16-21(26)23-25(27)15-17-8-3-1-4-9-17/h1-15H,16H2,(H-,23,26,27)/p+1. The molecule has 0 heterocycles. The minimum Gasteiger partial charge on any atom is -0.267 e. The van der Waals surface area contributed by atoms with Crippen molar-refractivity contribution < 1.29 is 23.3 Å². The summed E-state index contributed by atoms with van der Waals surface area (Å²) in [6.45, 7) is -0.534. The Hall–Kier alpha value is -3.17. The first-order valence-electron chi connectivity index (χ1n) is 8.87. The summed E-state index contributed by atoms with van der Waals surface area (Å²) in [5.74, 6) is -0.718. The fourth-order valence-electron chi connectivity index (χ4n) is 2.67. The van der Waals surface area contributed by atoms with Gasteiger partial charge in [0.05, 0.1) is 15.4 Å². The Labute approximate surface area is 183 Å². The molecular weight excluding hydrogens is 470 g/mol. The average Bonchev–Trinajstić information content (AvgIpc) is 2.73. The highest BCUT2D eigenvalue weighted by atomic mass is 79.9. The summed E-state index contributed by atoms with van der Waals surface area (Å²) < 4.78 is 28.1. The third-order valence-electron chi connectivity index (χ3n) is 4.02. The molecule has 0 unspecified atom stereocenters. The van der Waals surface area contributed by atoms with Gasteiger partial charge < -0.3 is 0 Å². The van der Waals surface area contributed by atoms with E-state index in [2.05, 4.69) is 21.4 Å². The Balaban J connectivity index is 1.88. The number of carbonyl (C=O) groups is 1. The van der Waals surface area contributed by atoms with Crippen molar-refractivity contribution in [3.8, 4) is 0 Å². The molecule has 2 N–H and O–H groups in total. The molecule has 0 radical (unpaired) electrons. The first-order chi connectivity index (χ1) is 14.4. The van der Waals surface area contributed by atoms with Gasteiger partial charge >= 0.3 is 0 Å². The number of rotatable bonds is 7. The second-order valence-electron chi connectivity index (χ2n) is 6.22. The second kappa shape index (κ2) is 9.55. The first-order valence-corrected chi connectivity index (χ1v) is 11.1. The predicted molar refractivity (Wildman–Crippen MR) is 117 cm³/mol. The molecule has 0 bridgehead atoms. The van der Waals surface area contributed by atoms with Crippen molar-refractivity contribution in [2.24, 2.45) is 0 Å². The van der Waals surface area contributed by atoms with Crippen LogP contribution in [-0.4, -0.2) is 37.1 Å². The molecule has 0 spiro atoms. The number of amides is 1. The van der Waals surface area contributed by atoms with E-state index in [1.807, 2.05) is 6.07 Å². The summed E-state index contributed by atoms with van der Waals surface area (Å²) >= 11 is 3.32. The number of carbonyl (C=O) groups excluding carboxylic acids is 1. The first kappa shape index (κ1) is 21.5. The zero-order valence-electron chi connectivity index (χ0n) is 15.7. The van der Waals surface area contributed by atoms with Gasteiger partial charge in [0.1, 0.15) is 6.54 Å². The largest absolute Gasteiger partial charge is 0.299 e. The highest BCUT2D eigenvalue weighted by Gasteiger charge is 2.28. The molecular formula is C21H19BrN3O4S+. The van der Waals surface area contributed by atoms with E-state index in [0.29, 0.717) is 20.6 Å². The van der Waals surface area contributed by atoms with Crippen LogP contribution in [0.15, 0.2) is 94.3 Å². The average molecular weight is 489 g/mol. The minimum absolute atomic E-state index is 0.0504. The van der Waals surface area contributed by atoms with Gasteiger partial charge in [-0.15, -0.1) is 0 Å². The molecule has 0 aliphatic carbocycles. The maximum absolute atomic E-state index is 13.2. The van der Waals surface area contributed by atoms with Crippen LogP contribution in [0.25, 0.3) is 0 Å². The number of halogens is 1. The van der Waals surface area contributed by atoms with E-state index in [1.165, 1.54) is 18.3 Å². The van der Waals surface area contributed by atoms with E-state index in [1.54, 1.807) is 66.7 Å². The summed E-state index contributed by atoms with van der Waals surface area (Å²) in [4.78, 5) is 13.1.